The molecule has 5 nitrogen and oxygen atoms in total. The zero-order valence-electron chi connectivity index (χ0n) is 12.3. The molecular weight excluding hydrogens is 295 g/mol. The third-order valence-corrected chi connectivity index (χ3v) is 4.13. The first-order valence-corrected chi connectivity index (χ1v) is 8.26. The summed E-state index contributed by atoms with van der Waals surface area (Å²) in [5.41, 5.74) is 1.05. The quantitative estimate of drug-likeness (QED) is 0.776. The number of likely N-dealkylation sites (N-methyl/N-ethyl adjacent to an activating group) is 1. The van der Waals surface area contributed by atoms with Crippen molar-refractivity contribution in [1.29, 1.82) is 0 Å². The Hall–Kier alpha value is -1.18. The van der Waals surface area contributed by atoms with E-state index in [1.54, 1.807) is 12.1 Å². The first-order valence-electron chi connectivity index (χ1n) is 6.95. The average molecular weight is 316 g/mol. The molecule has 0 amide bonds. The summed E-state index contributed by atoms with van der Waals surface area (Å²) >= 11 is 0. The van der Waals surface area contributed by atoms with Gasteiger partial charge in [0.25, 0.3) is 0 Å². The van der Waals surface area contributed by atoms with Gasteiger partial charge in [0.15, 0.2) is 0 Å². The lowest BCUT2D eigenvalue weighted by Crippen LogP contribution is -2.44. The fourth-order valence-electron chi connectivity index (χ4n) is 2.62. The van der Waals surface area contributed by atoms with Crippen LogP contribution < -0.4 is 4.18 Å². The highest BCUT2D eigenvalue weighted by Gasteiger charge is 2.21. The highest BCUT2D eigenvalue weighted by molar-refractivity contribution is 7.81. The summed E-state index contributed by atoms with van der Waals surface area (Å²) in [5, 5.41) is 0. The molecule has 0 aliphatic carbocycles. The molecule has 0 saturated carbocycles. The van der Waals surface area contributed by atoms with E-state index in [1.165, 1.54) is 25.0 Å². The van der Waals surface area contributed by atoms with Crippen molar-refractivity contribution in [3.05, 3.63) is 29.8 Å². The lowest BCUT2D eigenvalue weighted by Gasteiger charge is -2.36. The summed E-state index contributed by atoms with van der Waals surface area (Å²) in [5.74, 6) is -0.00828. The van der Waals surface area contributed by atoms with Gasteiger partial charge in [-0.25, -0.2) is 0 Å². The Morgan fingerprint density at radius 1 is 1.33 bits per heavy atom. The van der Waals surface area contributed by atoms with E-state index in [9.17, 15) is 12.3 Å². The second-order valence-corrected chi connectivity index (χ2v) is 6.57. The van der Waals surface area contributed by atoms with Crippen molar-refractivity contribution in [2.75, 3.05) is 27.2 Å². The lowest BCUT2D eigenvalue weighted by atomic mass is 10.0. The smallest absolute Gasteiger partial charge is 0.358 e. The molecule has 1 fully saturated rings. The molecule has 2 rings (SSSR count). The van der Waals surface area contributed by atoms with E-state index in [2.05, 4.69) is 28.1 Å². The Kier molecular flexibility index (Phi) is 5.18. The molecule has 0 radical (unpaired) electrons. The fraction of sp³-hybridized carbons (Fsp3) is 0.571. The van der Waals surface area contributed by atoms with E-state index in [-0.39, 0.29) is 5.75 Å². The summed E-state index contributed by atoms with van der Waals surface area (Å²) in [6.07, 6.45) is 2.38. The molecule has 1 heterocycles. The standard InChI is InChI=1S/C14H21FN2O3S/c1-16(2)13-4-3-9-17(11-13)10-12-5-7-14(8-6-12)20-21(15,18)19/h5-8,13H,3-4,9-11H2,1-2H3. The van der Waals surface area contributed by atoms with Crippen LogP contribution in [0.5, 0.6) is 5.75 Å². The fourth-order valence-corrected chi connectivity index (χ4v) is 2.96. The van der Waals surface area contributed by atoms with Gasteiger partial charge in [0.05, 0.1) is 0 Å². The van der Waals surface area contributed by atoms with Crippen molar-refractivity contribution in [2.24, 2.45) is 0 Å². The maximum atomic E-state index is 12.4. The van der Waals surface area contributed by atoms with E-state index in [4.69, 9.17) is 0 Å². The van der Waals surface area contributed by atoms with Gasteiger partial charge in [-0.3, -0.25) is 4.90 Å². The molecule has 0 aromatic heterocycles. The molecule has 1 saturated heterocycles. The SMILES string of the molecule is CN(C)C1CCCN(Cc2ccc(OS(=O)(=O)F)cc2)C1. The number of piperidine rings is 1. The second-order valence-electron chi connectivity index (χ2n) is 5.62. The Morgan fingerprint density at radius 2 is 2.00 bits per heavy atom. The first kappa shape index (κ1) is 16.2. The monoisotopic (exact) mass is 316 g/mol. The molecule has 118 valence electrons. The molecule has 1 unspecified atom stereocenters. The van der Waals surface area contributed by atoms with Crippen LogP contribution in [0.15, 0.2) is 24.3 Å². The van der Waals surface area contributed by atoms with Gasteiger partial charge >= 0.3 is 10.5 Å². The summed E-state index contributed by atoms with van der Waals surface area (Å²) < 4.78 is 37.4. The van der Waals surface area contributed by atoms with Crippen molar-refractivity contribution < 1.29 is 16.5 Å². The van der Waals surface area contributed by atoms with Gasteiger partial charge in [0, 0.05) is 19.1 Å². The number of hydrogen-bond donors (Lipinski definition) is 0. The molecule has 1 aromatic rings. The van der Waals surface area contributed by atoms with Crippen molar-refractivity contribution in [3.63, 3.8) is 0 Å². The number of likely N-dealkylation sites (tertiary alicyclic amines) is 1. The molecule has 0 spiro atoms. The zero-order chi connectivity index (χ0) is 15.5. The maximum Gasteiger partial charge on any atom is 0.488 e. The Morgan fingerprint density at radius 3 is 2.57 bits per heavy atom. The van der Waals surface area contributed by atoms with Crippen molar-refractivity contribution in [2.45, 2.75) is 25.4 Å². The van der Waals surface area contributed by atoms with Crippen molar-refractivity contribution >= 4 is 10.5 Å². The summed E-state index contributed by atoms with van der Waals surface area (Å²) in [6.45, 7) is 2.87. The van der Waals surface area contributed by atoms with Crippen LogP contribution in [0.25, 0.3) is 0 Å². The van der Waals surface area contributed by atoms with Crippen LogP contribution in [0.4, 0.5) is 3.89 Å². The third kappa shape index (κ3) is 5.26. The van der Waals surface area contributed by atoms with Crippen LogP contribution in [0, 0.1) is 0 Å². The molecule has 7 heteroatoms. The first-order chi connectivity index (χ1) is 9.83. The van der Waals surface area contributed by atoms with Crippen molar-refractivity contribution in [1.82, 2.24) is 9.80 Å². The minimum atomic E-state index is -4.95. The Balaban J connectivity index is 1.94. The molecule has 1 aliphatic heterocycles. The van der Waals surface area contributed by atoms with E-state index in [1.807, 2.05) is 0 Å². The minimum absolute atomic E-state index is 0.00828. The molecule has 1 aliphatic rings. The Labute approximate surface area is 125 Å². The molecular formula is C14H21FN2O3S. The van der Waals surface area contributed by atoms with Gasteiger partial charge in [-0.05, 0) is 51.2 Å². The van der Waals surface area contributed by atoms with Gasteiger partial charge in [-0.15, -0.1) is 0 Å². The predicted molar refractivity (Wildman–Crippen MR) is 79.1 cm³/mol. The molecule has 21 heavy (non-hydrogen) atoms. The summed E-state index contributed by atoms with van der Waals surface area (Å²) in [7, 11) is -0.760. The van der Waals surface area contributed by atoms with Crippen LogP contribution in [0.2, 0.25) is 0 Å². The van der Waals surface area contributed by atoms with Crippen LogP contribution in [0.1, 0.15) is 18.4 Å². The van der Waals surface area contributed by atoms with Gasteiger partial charge in [0.2, 0.25) is 0 Å². The largest absolute Gasteiger partial charge is 0.488 e. The molecule has 1 aromatic carbocycles. The number of halogens is 1. The normalized spacial score (nSPS) is 20.7. The van der Waals surface area contributed by atoms with Gasteiger partial charge < -0.3 is 9.08 Å². The number of hydrogen-bond acceptors (Lipinski definition) is 5. The lowest BCUT2D eigenvalue weighted by molar-refractivity contribution is 0.128. The van der Waals surface area contributed by atoms with Crippen molar-refractivity contribution in [3.8, 4) is 5.75 Å². The topological polar surface area (TPSA) is 49.9 Å². The van der Waals surface area contributed by atoms with E-state index >= 15 is 0 Å². The summed E-state index contributed by atoms with van der Waals surface area (Å²) in [4.78, 5) is 4.62. The van der Waals surface area contributed by atoms with Crippen LogP contribution in [0.3, 0.4) is 0 Å². The molecule has 0 N–H and O–H groups in total. The Bertz CT molecular complexity index is 560. The number of nitrogens with zero attached hydrogens (tertiary/aromatic N) is 2. The molecule has 1 atom stereocenters. The number of benzene rings is 1. The minimum Gasteiger partial charge on any atom is -0.358 e. The predicted octanol–water partition coefficient (Wildman–Crippen LogP) is 1.81. The molecule has 0 bridgehead atoms. The van der Waals surface area contributed by atoms with Crippen LogP contribution in [-0.4, -0.2) is 51.4 Å². The average Bonchev–Trinajstić information content (AvgIpc) is 2.40. The van der Waals surface area contributed by atoms with E-state index in [0.29, 0.717) is 6.04 Å². The maximum absolute atomic E-state index is 12.4. The number of rotatable bonds is 5. The highest BCUT2D eigenvalue weighted by Crippen LogP contribution is 2.19. The summed E-state index contributed by atoms with van der Waals surface area (Å²) in [6, 6.07) is 7.04. The van der Waals surface area contributed by atoms with Gasteiger partial charge in [0.1, 0.15) is 5.75 Å². The highest BCUT2D eigenvalue weighted by atomic mass is 32.3. The second kappa shape index (κ2) is 6.72. The van der Waals surface area contributed by atoms with E-state index < -0.39 is 10.5 Å². The zero-order valence-corrected chi connectivity index (χ0v) is 13.1. The van der Waals surface area contributed by atoms with Crippen LogP contribution in [-0.2, 0) is 17.0 Å². The van der Waals surface area contributed by atoms with Crippen LogP contribution >= 0.6 is 0 Å². The van der Waals surface area contributed by atoms with Gasteiger partial charge in [-0.2, -0.15) is 8.42 Å². The van der Waals surface area contributed by atoms with Gasteiger partial charge in [-0.1, -0.05) is 16.0 Å². The van der Waals surface area contributed by atoms with E-state index in [0.717, 1.165) is 25.2 Å². The third-order valence-electron chi connectivity index (χ3n) is 3.74.